The molecule has 2 rings (SSSR count). The molecule has 0 saturated carbocycles. The van der Waals surface area contributed by atoms with Gasteiger partial charge >= 0.3 is 0 Å². The fourth-order valence-corrected chi connectivity index (χ4v) is 3.37. The Bertz CT molecular complexity index is 290. The quantitative estimate of drug-likeness (QED) is 0.687. The van der Waals surface area contributed by atoms with E-state index in [-0.39, 0.29) is 7.33 Å². The number of nitrogens with one attached hydrogen (secondary N) is 1. The molecule has 2 aliphatic rings. The van der Waals surface area contributed by atoms with E-state index in [1.54, 1.807) is 7.11 Å². The van der Waals surface area contributed by atoms with E-state index in [0.29, 0.717) is 18.6 Å². The normalized spacial score (nSPS) is 27.7. The molecule has 2 bridgehead atoms. The first-order valence-electron chi connectivity index (χ1n) is 7.48. The van der Waals surface area contributed by atoms with Crippen LogP contribution in [-0.4, -0.2) is 74.2 Å². The molecule has 0 radical (unpaired) electrons. The van der Waals surface area contributed by atoms with Crippen LogP contribution < -0.4 is 5.32 Å². The van der Waals surface area contributed by atoms with Gasteiger partial charge < -0.3 is 15.0 Å². The number of carbonyl (C=O) groups is 1. The summed E-state index contributed by atoms with van der Waals surface area (Å²) in [6.45, 7) is 7.46. The number of fused-ring (bicyclic) bond motifs is 2. The summed E-state index contributed by atoms with van der Waals surface area (Å²) >= 11 is 0. The summed E-state index contributed by atoms with van der Waals surface area (Å²) in [5, 5.41) is 2.90. The highest BCUT2D eigenvalue weighted by molar-refractivity contribution is 5.78. The van der Waals surface area contributed by atoms with E-state index < -0.39 is 0 Å². The Morgan fingerprint density at radius 1 is 1.37 bits per heavy atom. The highest BCUT2D eigenvalue weighted by Crippen LogP contribution is 2.29. The molecule has 5 nitrogen and oxygen atoms in total. The zero-order valence-corrected chi connectivity index (χ0v) is 12.2. The third-order valence-corrected chi connectivity index (χ3v) is 4.23. The maximum Gasteiger partial charge on any atom is 0.234 e. The lowest BCUT2D eigenvalue weighted by atomic mass is 10.1. The molecule has 0 aromatic heterocycles. The van der Waals surface area contributed by atoms with Crippen molar-refractivity contribution in [3.63, 3.8) is 0 Å². The molecule has 2 saturated heterocycles. The molecule has 5 heteroatoms. The van der Waals surface area contributed by atoms with E-state index in [9.17, 15) is 4.79 Å². The molecular formula is C14H29N3O2. The number of hydrogen-bond donors (Lipinski definition) is 1. The number of piperazine rings is 1. The van der Waals surface area contributed by atoms with Crippen LogP contribution in [0, 0.1) is 0 Å². The zero-order chi connectivity index (χ0) is 13.7. The number of methoxy groups -OCH3 is 1. The van der Waals surface area contributed by atoms with E-state index in [1.807, 2.05) is 6.92 Å². The third-order valence-electron chi connectivity index (χ3n) is 4.23. The topological polar surface area (TPSA) is 44.8 Å². The van der Waals surface area contributed by atoms with Gasteiger partial charge in [-0.15, -0.1) is 0 Å². The Hall–Kier alpha value is -0.650. The van der Waals surface area contributed by atoms with Crippen LogP contribution in [0.15, 0.2) is 0 Å². The first-order valence-corrected chi connectivity index (χ1v) is 7.48. The van der Waals surface area contributed by atoms with Gasteiger partial charge in [-0.1, -0.05) is 0 Å². The van der Waals surface area contributed by atoms with E-state index >= 15 is 0 Å². The number of ether oxygens (including phenoxy) is 1. The Morgan fingerprint density at radius 2 is 2.05 bits per heavy atom. The molecule has 112 valence electrons. The van der Waals surface area contributed by atoms with Crippen LogP contribution in [0.1, 0.15) is 27.6 Å². The maximum atomic E-state index is 11.7. The van der Waals surface area contributed by atoms with E-state index in [1.165, 1.54) is 12.8 Å². The van der Waals surface area contributed by atoms with Gasteiger partial charge in [0.15, 0.2) is 0 Å². The molecule has 2 atom stereocenters. The average Bonchev–Trinajstić information content (AvgIpc) is 2.62. The van der Waals surface area contributed by atoms with Crippen molar-refractivity contribution in [2.24, 2.45) is 0 Å². The van der Waals surface area contributed by atoms with Gasteiger partial charge in [-0.3, -0.25) is 9.69 Å². The lowest BCUT2D eigenvalue weighted by Crippen LogP contribution is -2.56. The number of likely N-dealkylation sites (tertiary alicyclic amines) is 1. The standard InChI is InChI=1S/C14H27N3O2.H2/c1-3-15-14(18)11-17-12-5-6-13(17)10-16(9-12)7-4-8-19-2;/h12-13H,3-11H2,1-2H3,(H,15,18);1H/t12-,13?;/m1./s1. The summed E-state index contributed by atoms with van der Waals surface area (Å²) in [6.07, 6.45) is 3.59. The number of hydrogen-bond acceptors (Lipinski definition) is 4. The van der Waals surface area contributed by atoms with E-state index in [0.717, 1.165) is 39.2 Å². The fourth-order valence-electron chi connectivity index (χ4n) is 3.37. The van der Waals surface area contributed by atoms with Crippen molar-refractivity contribution in [1.82, 2.24) is 15.1 Å². The van der Waals surface area contributed by atoms with Gasteiger partial charge in [0.05, 0.1) is 6.54 Å². The summed E-state index contributed by atoms with van der Waals surface area (Å²) in [6, 6.07) is 1.15. The number of amides is 1. The van der Waals surface area contributed by atoms with Gasteiger partial charge in [0.25, 0.3) is 0 Å². The summed E-state index contributed by atoms with van der Waals surface area (Å²) in [4.78, 5) is 16.7. The van der Waals surface area contributed by atoms with Crippen molar-refractivity contribution < 1.29 is 11.0 Å². The van der Waals surface area contributed by atoms with Crippen LogP contribution in [0.4, 0.5) is 0 Å². The molecular weight excluding hydrogens is 242 g/mol. The van der Waals surface area contributed by atoms with Crippen molar-refractivity contribution in [2.75, 3.05) is 46.4 Å². The molecule has 0 aliphatic carbocycles. The summed E-state index contributed by atoms with van der Waals surface area (Å²) < 4.78 is 5.11. The van der Waals surface area contributed by atoms with E-state index in [4.69, 9.17) is 4.74 Å². The molecule has 1 amide bonds. The monoisotopic (exact) mass is 271 g/mol. The Labute approximate surface area is 117 Å². The molecule has 2 aliphatic heterocycles. The predicted molar refractivity (Wildman–Crippen MR) is 77.2 cm³/mol. The second kappa shape index (κ2) is 7.22. The minimum absolute atomic E-state index is 0. The third kappa shape index (κ3) is 3.91. The fraction of sp³-hybridized carbons (Fsp3) is 0.929. The van der Waals surface area contributed by atoms with Gasteiger partial charge in [-0.05, 0) is 26.2 Å². The number of nitrogens with zero attached hydrogens (tertiary/aromatic N) is 2. The van der Waals surface area contributed by atoms with Gasteiger partial charge in [0, 0.05) is 53.4 Å². The van der Waals surface area contributed by atoms with Crippen molar-refractivity contribution in [3.05, 3.63) is 0 Å². The minimum Gasteiger partial charge on any atom is -0.385 e. The largest absolute Gasteiger partial charge is 0.385 e. The van der Waals surface area contributed by atoms with Gasteiger partial charge in [-0.2, -0.15) is 0 Å². The molecule has 1 unspecified atom stereocenters. The highest BCUT2D eigenvalue weighted by Gasteiger charge is 2.40. The lowest BCUT2D eigenvalue weighted by Gasteiger charge is -2.40. The van der Waals surface area contributed by atoms with Crippen LogP contribution >= 0.6 is 0 Å². The molecule has 19 heavy (non-hydrogen) atoms. The molecule has 2 heterocycles. The van der Waals surface area contributed by atoms with Gasteiger partial charge in [-0.25, -0.2) is 0 Å². The van der Waals surface area contributed by atoms with Crippen molar-refractivity contribution in [1.29, 1.82) is 0 Å². The Morgan fingerprint density at radius 3 is 2.63 bits per heavy atom. The molecule has 0 spiro atoms. The van der Waals surface area contributed by atoms with Crippen LogP contribution in [0.3, 0.4) is 0 Å². The van der Waals surface area contributed by atoms with Gasteiger partial charge in [0.1, 0.15) is 0 Å². The number of likely N-dealkylation sites (N-methyl/N-ethyl adjacent to an activating group) is 1. The predicted octanol–water partition coefficient (Wildman–Crippen LogP) is 0.554. The summed E-state index contributed by atoms with van der Waals surface area (Å²) in [7, 11) is 1.76. The van der Waals surface area contributed by atoms with Crippen LogP contribution in [-0.2, 0) is 9.53 Å². The Kier molecular flexibility index (Phi) is 5.60. The highest BCUT2D eigenvalue weighted by atomic mass is 16.5. The molecule has 0 aromatic carbocycles. The molecule has 2 fully saturated rings. The molecule has 1 N–H and O–H groups in total. The van der Waals surface area contributed by atoms with Crippen LogP contribution in [0.2, 0.25) is 0 Å². The SMILES string of the molecule is CCNC(=O)CN1C2CC[C@@H]1CN(CCCOC)C2.[HH]. The minimum atomic E-state index is 0. The average molecular weight is 271 g/mol. The van der Waals surface area contributed by atoms with Crippen molar-refractivity contribution in [3.8, 4) is 0 Å². The van der Waals surface area contributed by atoms with Crippen molar-refractivity contribution >= 4 is 5.91 Å². The van der Waals surface area contributed by atoms with E-state index in [2.05, 4.69) is 15.1 Å². The smallest absolute Gasteiger partial charge is 0.234 e. The van der Waals surface area contributed by atoms with Crippen molar-refractivity contribution in [2.45, 2.75) is 38.3 Å². The summed E-state index contributed by atoms with van der Waals surface area (Å²) in [5.41, 5.74) is 0. The second-order valence-corrected chi connectivity index (χ2v) is 5.62. The van der Waals surface area contributed by atoms with Crippen LogP contribution in [0.25, 0.3) is 0 Å². The Balaban J connectivity index is 0.00000200. The first kappa shape index (κ1) is 14.8. The lowest BCUT2D eigenvalue weighted by molar-refractivity contribution is -0.123. The second-order valence-electron chi connectivity index (χ2n) is 5.62. The van der Waals surface area contributed by atoms with Gasteiger partial charge in [0.2, 0.25) is 5.91 Å². The number of rotatable bonds is 7. The summed E-state index contributed by atoms with van der Waals surface area (Å²) in [5.74, 6) is 0.173. The maximum absolute atomic E-state index is 11.7. The number of carbonyl (C=O) groups excluding carboxylic acids is 1. The zero-order valence-electron chi connectivity index (χ0n) is 12.2. The first-order chi connectivity index (χ1) is 9.24. The molecule has 0 aromatic rings. The van der Waals surface area contributed by atoms with Crippen LogP contribution in [0.5, 0.6) is 0 Å².